The summed E-state index contributed by atoms with van der Waals surface area (Å²) in [7, 11) is 0. The second-order valence-corrected chi connectivity index (χ2v) is 18.5. The van der Waals surface area contributed by atoms with E-state index in [1.807, 2.05) is 0 Å². The SMILES string of the molecule is CC/C=C\C/C=C\C/C=C\CCCCCCCCCC(=O)OCC(COC(=O)CCCCCCCCCCCCCC)OC(=O)CCCCCCCCC/C=C\CCCCCCCC. The first-order valence-corrected chi connectivity index (χ1v) is 27.6. The Morgan fingerprint density at radius 2 is 0.609 bits per heavy atom. The third-order valence-corrected chi connectivity index (χ3v) is 12.1. The van der Waals surface area contributed by atoms with E-state index < -0.39 is 6.10 Å². The van der Waals surface area contributed by atoms with Crippen LogP contribution in [-0.4, -0.2) is 37.2 Å². The van der Waals surface area contributed by atoms with Gasteiger partial charge in [0, 0.05) is 19.3 Å². The molecule has 0 aliphatic rings. The highest BCUT2D eigenvalue weighted by Gasteiger charge is 2.19. The Hall–Kier alpha value is -2.63. The van der Waals surface area contributed by atoms with Gasteiger partial charge in [0.1, 0.15) is 13.2 Å². The van der Waals surface area contributed by atoms with Crippen molar-refractivity contribution in [3.8, 4) is 0 Å². The van der Waals surface area contributed by atoms with Gasteiger partial charge in [-0.05, 0) is 77.0 Å². The third kappa shape index (κ3) is 50.4. The Balaban J connectivity index is 4.36. The van der Waals surface area contributed by atoms with Gasteiger partial charge < -0.3 is 14.2 Å². The smallest absolute Gasteiger partial charge is 0.306 e. The lowest BCUT2D eigenvalue weighted by Gasteiger charge is -2.18. The first-order valence-electron chi connectivity index (χ1n) is 27.6. The molecule has 6 nitrogen and oxygen atoms in total. The Bertz CT molecular complexity index is 1120. The summed E-state index contributed by atoms with van der Waals surface area (Å²) in [5.74, 6) is -0.879. The summed E-state index contributed by atoms with van der Waals surface area (Å²) in [6, 6.07) is 0. The summed E-state index contributed by atoms with van der Waals surface area (Å²) in [5, 5.41) is 0. The molecule has 0 aliphatic heterocycles. The molecule has 0 aliphatic carbocycles. The summed E-state index contributed by atoms with van der Waals surface area (Å²) in [6.45, 7) is 6.53. The van der Waals surface area contributed by atoms with Crippen molar-refractivity contribution in [1.29, 1.82) is 0 Å². The predicted octanol–water partition coefficient (Wildman–Crippen LogP) is 18.3. The fraction of sp³-hybridized carbons (Fsp3) is 0.810. The fourth-order valence-electron chi connectivity index (χ4n) is 7.92. The van der Waals surface area contributed by atoms with Crippen LogP contribution in [0.15, 0.2) is 48.6 Å². The minimum atomic E-state index is -0.776. The maximum absolute atomic E-state index is 12.8. The van der Waals surface area contributed by atoms with E-state index in [0.717, 1.165) is 83.5 Å². The van der Waals surface area contributed by atoms with Gasteiger partial charge in [0.25, 0.3) is 0 Å². The molecule has 0 fully saturated rings. The Morgan fingerprint density at radius 1 is 0.328 bits per heavy atom. The van der Waals surface area contributed by atoms with Crippen LogP contribution in [0.2, 0.25) is 0 Å². The van der Waals surface area contributed by atoms with Crippen LogP contribution in [0.4, 0.5) is 0 Å². The van der Waals surface area contributed by atoms with Crippen molar-refractivity contribution in [2.75, 3.05) is 13.2 Å². The maximum atomic E-state index is 12.8. The molecular weight excluding hydrogens is 793 g/mol. The molecule has 0 bridgehead atoms. The average Bonchev–Trinajstić information content (AvgIpc) is 3.29. The summed E-state index contributed by atoms with van der Waals surface area (Å²) in [5.41, 5.74) is 0. The molecule has 1 unspecified atom stereocenters. The molecule has 64 heavy (non-hydrogen) atoms. The molecule has 0 aromatic rings. The molecule has 0 amide bonds. The van der Waals surface area contributed by atoms with Crippen LogP contribution in [0.5, 0.6) is 0 Å². The number of esters is 3. The number of carbonyl (C=O) groups excluding carboxylic acids is 3. The molecule has 0 rings (SSSR count). The monoisotopic (exact) mass is 897 g/mol. The standard InChI is InChI=1S/C58H104O6/c1-4-7-10-13-16-19-22-25-27-29-31-33-36-39-42-45-48-51-57(60)63-54-55(53-62-56(59)50-47-44-41-38-35-24-21-18-15-12-9-6-3)64-58(61)52-49-46-43-40-37-34-32-30-28-26-23-20-17-14-11-8-5-2/h7,10,16,19,25-28,55H,4-6,8-9,11-15,17-18,20-24,29-54H2,1-3H3/b10-7-,19-16-,27-25-,28-26-. The van der Waals surface area contributed by atoms with E-state index in [1.54, 1.807) is 0 Å². The minimum Gasteiger partial charge on any atom is -0.462 e. The fourth-order valence-corrected chi connectivity index (χ4v) is 7.92. The minimum absolute atomic E-state index is 0.0753. The molecule has 0 heterocycles. The first-order chi connectivity index (χ1) is 31.5. The van der Waals surface area contributed by atoms with Crippen LogP contribution in [0, 0.1) is 0 Å². The van der Waals surface area contributed by atoms with Crippen LogP contribution in [0.25, 0.3) is 0 Å². The van der Waals surface area contributed by atoms with Crippen molar-refractivity contribution < 1.29 is 28.6 Å². The van der Waals surface area contributed by atoms with Gasteiger partial charge in [0.15, 0.2) is 6.10 Å². The summed E-state index contributed by atoms with van der Waals surface area (Å²) in [6.07, 6.45) is 63.8. The molecule has 0 radical (unpaired) electrons. The van der Waals surface area contributed by atoms with Gasteiger partial charge >= 0.3 is 17.9 Å². The zero-order valence-electron chi connectivity index (χ0n) is 42.6. The molecule has 1 atom stereocenters. The van der Waals surface area contributed by atoms with Crippen molar-refractivity contribution >= 4 is 17.9 Å². The van der Waals surface area contributed by atoms with Crippen LogP contribution in [-0.2, 0) is 28.6 Å². The lowest BCUT2D eigenvalue weighted by Crippen LogP contribution is -2.30. The van der Waals surface area contributed by atoms with Gasteiger partial charge in [-0.1, -0.05) is 236 Å². The molecular formula is C58H104O6. The van der Waals surface area contributed by atoms with Crippen LogP contribution in [0.1, 0.15) is 284 Å². The molecule has 0 saturated heterocycles. The quantitative estimate of drug-likeness (QED) is 0.0262. The first kappa shape index (κ1) is 61.4. The number of rotatable bonds is 50. The van der Waals surface area contributed by atoms with E-state index in [-0.39, 0.29) is 31.1 Å². The Kier molecular flexibility index (Phi) is 50.8. The van der Waals surface area contributed by atoms with E-state index in [0.29, 0.717) is 19.3 Å². The molecule has 0 N–H and O–H groups in total. The van der Waals surface area contributed by atoms with Crippen molar-refractivity contribution in [1.82, 2.24) is 0 Å². The number of carbonyl (C=O) groups is 3. The molecule has 0 aromatic carbocycles. The van der Waals surface area contributed by atoms with Crippen LogP contribution < -0.4 is 0 Å². The zero-order chi connectivity index (χ0) is 46.5. The topological polar surface area (TPSA) is 78.9 Å². The molecule has 6 heteroatoms. The number of ether oxygens (including phenoxy) is 3. The van der Waals surface area contributed by atoms with E-state index in [1.165, 1.54) is 161 Å². The van der Waals surface area contributed by atoms with Gasteiger partial charge in [-0.25, -0.2) is 0 Å². The van der Waals surface area contributed by atoms with Gasteiger partial charge in [-0.3, -0.25) is 14.4 Å². The number of unbranched alkanes of at least 4 members (excludes halogenated alkanes) is 31. The number of hydrogen-bond donors (Lipinski definition) is 0. The maximum Gasteiger partial charge on any atom is 0.306 e. The average molecular weight is 897 g/mol. The van der Waals surface area contributed by atoms with Crippen LogP contribution >= 0.6 is 0 Å². The molecule has 372 valence electrons. The van der Waals surface area contributed by atoms with E-state index in [4.69, 9.17) is 14.2 Å². The van der Waals surface area contributed by atoms with E-state index in [9.17, 15) is 14.4 Å². The summed E-state index contributed by atoms with van der Waals surface area (Å²) < 4.78 is 16.8. The normalized spacial score (nSPS) is 12.4. The zero-order valence-corrected chi connectivity index (χ0v) is 42.6. The molecule has 0 aromatic heterocycles. The predicted molar refractivity (Wildman–Crippen MR) is 275 cm³/mol. The van der Waals surface area contributed by atoms with E-state index >= 15 is 0 Å². The van der Waals surface area contributed by atoms with Crippen molar-refractivity contribution in [3.05, 3.63) is 48.6 Å². The number of hydrogen-bond acceptors (Lipinski definition) is 6. The highest BCUT2D eigenvalue weighted by molar-refractivity contribution is 5.71. The summed E-state index contributed by atoms with van der Waals surface area (Å²) >= 11 is 0. The lowest BCUT2D eigenvalue weighted by molar-refractivity contribution is -0.167. The van der Waals surface area contributed by atoms with Gasteiger partial charge in [-0.2, -0.15) is 0 Å². The second-order valence-electron chi connectivity index (χ2n) is 18.5. The van der Waals surface area contributed by atoms with Gasteiger partial charge in [0.2, 0.25) is 0 Å². The number of allylic oxidation sites excluding steroid dienone is 8. The van der Waals surface area contributed by atoms with Crippen molar-refractivity contribution in [3.63, 3.8) is 0 Å². The second kappa shape index (κ2) is 53.0. The van der Waals surface area contributed by atoms with Gasteiger partial charge in [-0.15, -0.1) is 0 Å². The van der Waals surface area contributed by atoms with E-state index in [2.05, 4.69) is 69.4 Å². The molecule has 0 saturated carbocycles. The third-order valence-electron chi connectivity index (χ3n) is 12.1. The van der Waals surface area contributed by atoms with Crippen molar-refractivity contribution in [2.24, 2.45) is 0 Å². The lowest BCUT2D eigenvalue weighted by atomic mass is 10.0. The van der Waals surface area contributed by atoms with Crippen molar-refractivity contribution in [2.45, 2.75) is 290 Å². The highest BCUT2D eigenvalue weighted by atomic mass is 16.6. The Labute approximate surface area is 397 Å². The van der Waals surface area contributed by atoms with Crippen LogP contribution in [0.3, 0.4) is 0 Å². The molecule has 0 spiro atoms. The largest absolute Gasteiger partial charge is 0.462 e. The Morgan fingerprint density at radius 3 is 0.969 bits per heavy atom. The highest BCUT2D eigenvalue weighted by Crippen LogP contribution is 2.16. The van der Waals surface area contributed by atoms with Gasteiger partial charge in [0.05, 0.1) is 0 Å². The summed E-state index contributed by atoms with van der Waals surface area (Å²) in [4.78, 5) is 38.1.